The lowest BCUT2D eigenvalue weighted by Gasteiger charge is -2.13. The summed E-state index contributed by atoms with van der Waals surface area (Å²) in [5, 5.41) is 12.3. The highest BCUT2D eigenvalue weighted by Gasteiger charge is 2.22. The van der Waals surface area contributed by atoms with Crippen molar-refractivity contribution in [3.63, 3.8) is 0 Å². The minimum atomic E-state index is 0. The molecule has 1 aromatic heterocycles. The number of nitrogens with one attached hydrogen (secondary N) is 3. The Morgan fingerprint density at radius 1 is 0.923 bits per heavy atom. The molecule has 0 spiro atoms. The molecule has 39 heavy (non-hydrogen) atoms. The van der Waals surface area contributed by atoms with Crippen molar-refractivity contribution in [1.82, 2.24) is 16.0 Å². The lowest BCUT2D eigenvalue weighted by atomic mass is 10.1. The fourth-order valence-electron chi connectivity index (χ4n) is 4.58. The standard InChI is InChI=1S/C30H40N6OS.ClH/c1-35-27-12-4-5-13-28(27)38-30(35)22-24-14-21-36(26-11-3-2-10-25(24)26)23-29(37)34-20-9-19-33-17-7-6-16-32-18-8-15-31;/h2-5,10-14,21-22,32-33H,6-9,15-20,23,31H2,1H3;1H. The number of thioether (sulfide) groups is 1. The number of carbonyl (C=O) groups is 1. The van der Waals surface area contributed by atoms with E-state index in [1.54, 1.807) is 11.8 Å². The molecule has 9 heteroatoms. The van der Waals surface area contributed by atoms with Crippen LogP contribution in [0.4, 0.5) is 5.69 Å². The molecule has 0 unspecified atom stereocenters. The molecule has 3 aromatic rings. The Labute approximate surface area is 243 Å². The van der Waals surface area contributed by atoms with Crippen molar-refractivity contribution in [3.05, 3.63) is 71.4 Å². The highest BCUT2D eigenvalue weighted by atomic mass is 35.5. The maximum Gasteiger partial charge on any atom is 0.286 e. The number of nitrogens with two attached hydrogens (primary N) is 1. The fraction of sp³-hybridized carbons (Fsp3) is 0.400. The summed E-state index contributed by atoms with van der Waals surface area (Å²) in [6.45, 7) is 5.71. The first kappa shape index (κ1) is 30.9. The number of carbonyl (C=O) groups excluding carboxylic acids is 1. The molecule has 210 valence electrons. The van der Waals surface area contributed by atoms with Gasteiger partial charge in [-0.05, 0) is 88.2 Å². The van der Waals surface area contributed by atoms with Crippen molar-refractivity contribution in [2.75, 3.05) is 51.2 Å². The molecule has 0 radical (unpaired) electrons. The summed E-state index contributed by atoms with van der Waals surface area (Å²) in [6, 6.07) is 18.9. The number of anilines is 1. The average molecular weight is 569 g/mol. The number of pyridine rings is 1. The molecule has 1 aliphatic heterocycles. The van der Waals surface area contributed by atoms with Gasteiger partial charge in [-0.2, -0.15) is 4.57 Å². The molecular weight excluding hydrogens is 528 g/mol. The van der Waals surface area contributed by atoms with Gasteiger partial charge in [-0.3, -0.25) is 4.79 Å². The Hall–Kier alpha value is -2.62. The Kier molecular flexibility index (Phi) is 13.1. The number of halogens is 1. The van der Waals surface area contributed by atoms with E-state index in [-0.39, 0.29) is 18.3 Å². The van der Waals surface area contributed by atoms with E-state index in [0.717, 1.165) is 68.5 Å². The van der Waals surface area contributed by atoms with Crippen molar-refractivity contribution in [3.8, 4) is 0 Å². The van der Waals surface area contributed by atoms with Crippen LogP contribution in [0, 0.1) is 0 Å². The van der Waals surface area contributed by atoms with Gasteiger partial charge in [-0.1, -0.05) is 36.0 Å². The summed E-state index contributed by atoms with van der Waals surface area (Å²) < 4.78 is 2.03. The largest absolute Gasteiger partial charge is 1.00 e. The molecule has 0 saturated carbocycles. The zero-order valence-electron chi connectivity index (χ0n) is 22.8. The molecule has 0 saturated heterocycles. The molecule has 0 atom stereocenters. The molecule has 0 aliphatic carbocycles. The molecule has 1 aliphatic rings. The van der Waals surface area contributed by atoms with Gasteiger partial charge in [0.2, 0.25) is 12.1 Å². The summed E-state index contributed by atoms with van der Waals surface area (Å²) >= 11 is 1.79. The number of aromatic nitrogens is 1. The minimum Gasteiger partial charge on any atom is -1.00 e. The zero-order valence-corrected chi connectivity index (χ0v) is 24.4. The maximum absolute atomic E-state index is 12.7. The van der Waals surface area contributed by atoms with Crippen LogP contribution < -0.4 is 43.6 Å². The van der Waals surface area contributed by atoms with E-state index in [4.69, 9.17) is 5.73 Å². The van der Waals surface area contributed by atoms with Crippen molar-refractivity contribution in [1.29, 1.82) is 0 Å². The topological polar surface area (TPSA) is 86.3 Å². The number of unbranched alkanes of at least 4 members (excludes halogenated alkanes) is 1. The number of nitrogens with zero attached hydrogens (tertiary/aromatic N) is 2. The van der Waals surface area contributed by atoms with Crippen LogP contribution in [0.15, 0.2) is 70.7 Å². The number of hydrogen-bond acceptors (Lipinski definition) is 6. The number of benzene rings is 2. The van der Waals surface area contributed by atoms with E-state index < -0.39 is 0 Å². The molecule has 2 aromatic carbocycles. The predicted octanol–water partition coefficient (Wildman–Crippen LogP) is 0.486. The van der Waals surface area contributed by atoms with Crippen molar-refractivity contribution in [2.24, 2.45) is 5.73 Å². The van der Waals surface area contributed by atoms with Gasteiger partial charge in [0.15, 0.2) is 6.20 Å². The van der Waals surface area contributed by atoms with Crippen LogP contribution in [0.1, 0.15) is 31.2 Å². The Balaban J connectivity index is 0.00000420. The Morgan fingerprint density at radius 2 is 1.62 bits per heavy atom. The van der Waals surface area contributed by atoms with Crippen LogP contribution >= 0.6 is 11.8 Å². The van der Waals surface area contributed by atoms with Gasteiger partial charge in [0.25, 0.3) is 5.91 Å². The van der Waals surface area contributed by atoms with Crippen LogP contribution in [0.2, 0.25) is 0 Å². The van der Waals surface area contributed by atoms with E-state index in [0.29, 0.717) is 13.1 Å². The van der Waals surface area contributed by atoms with Gasteiger partial charge in [0.1, 0.15) is 0 Å². The van der Waals surface area contributed by atoms with Gasteiger partial charge in [0, 0.05) is 30.6 Å². The van der Waals surface area contributed by atoms with Crippen LogP contribution in [-0.2, 0) is 11.3 Å². The molecule has 4 rings (SSSR count). The monoisotopic (exact) mass is 568 g/mol. The van der Waals surface area contributed by atoms with Crippen LogP contribution in [-0.4, -0.2) is 52.2 Å². The third-order valence-electron chi connectivity index (χ3n) is 6.69. The first-order valence-corrected chi connectivity index (χ1v) is 14.5. The number of amides is 1. The first-order valence-electron chi connectivity index (χ1n) is 13.7. The number of rotatable bonds is 15. The van der Waals surface area contributed by atoms with Gasteiger partial charge in [0.05, 0.1) is 16.1 Å². The second kappa shape index (κ2) is 16.5. The van der Waals surface area contributed by atoms with E-state index in [2.05, 4.69) is 82.5 Å². The van der Waals surface area contributed by atoms with Gasteiger partial charge < -0.3 is 39.0 Å². The first-order chi connectivity index (χ1) is 18.7. The number of hydrogen-bond donors (Lipinski definition) is 4. The summed E-state index contributed by atoms with van der Waals surface area (Å²) in [7, 11) is 2.11. The number of fused-ring (bicyclic) bond motifs is 2. The zero-order chi connectivity index (χ0) is 26.6. The lowest BCUT2D eigenvalue weighted by molar-refractivity contribution is -0.658. The van der Waals surface area contributed by atoms with Crippen molar-refractivity contribution < 1.29 is 21.8 Å². The third-order valence-corrected chi connectivity index (χ3v) is 7.86. The number of para-hydroxylation sites is 2. The van der Waals surface area contributed by atoms with E-state index in [1.807, 2.05) is 16.8 Å². The highest BCUT2D eigenvalue weighted by Crippen LogP contribution is 2.45. The molecule has 2 heterocycles. The normalized spacial score (nSPS) is 13.5. The van der Waals surface area contributed by atoms with Gasteiger partial charge >= 0.3 is 0 Å². The van der Waals surface area contributed by atoms with Crippen molar-refractivity contribution in [2.45, 2.75) is 37.1 Å². The maximum atomic E-state index is 12.7. The second-order valence-corrected chi connectivity index (χ2v) is 10.6. The summed E-state index contributed by atoms with van der Waals surface area (Å²) in [5.41, 5.74) is 8.93. The predicted molar refractivity (Wildman–Crippen MR) is 159 cm³/mol. The van der Waals surface area contributed by atoms with Crippen molar-refractivity contribution >= 4 is 40.3 Å². The fourth-order valence-corrected chi connectivity index (χ4v) is 5.68. The highest BCUT2D eigenvalue weighted by molar-refractivity contribution is 8.03. The molecule has 7 nitrogen and oxygen atoms in total. The van der Waals surface area contributed by atoms with Crippen LogP contribution in [0.25, 0.3) is 17.0 Å². The Morgan fingerprint density at radius 3 is 2.38 bits per heavy atom. The summed E-state index contributed by atoms with van der Waals surface area (Å²) in [5.74, 6) is 0.0383. The molecule has 5 N–H and O–H groups in total. The van der Waals surface area contributed by atoms with Crippen LogP contribution in [0.5, 0.6) is 0 Å². The quantitative estimate of drug-likeness (QED) is 0.158. The lowest BCUT2D eigenvalue weighted by Crippen LogP contribution is -3.00. The van der Waals surface area contributed by atoms with E-state index in [1.165, 1.54) is 22.0 Å². The minimum absolute atomic E-state index is 0. The van der Waals surface area contributed by atoms with Crippen LogP contribution in [0.3, 0.4) is 0 Å². The second-order valence-electron chi connectivity index (χ2n) is 9.58. The van der Waals surface area contributed by atoms with E-state index in [9.17, 15) is 4.79 Å². The smallest absolute Gasteiger partial charge is 0.286 e. The summed E-state index contributed by atoms with van der Waals surface area (Å²) in [4.78, 5) is 16.2. The van der Waals surface area contributed by atoms with E-state index >= 15 is 0 Å². The Bertz CT molecular complexity index is 1240. The van der Waals surface area contributed by atoms with Gasteiger partial charge in [-0.25, -0.2) is 0 Å². The molecular formula is C30H41ClN6OS. The average Bonchev–Trinajstić information content (AvgIpc) is 3.25. The summed E-state index contributed by atoms with van der Waals surface area (Å²) in [6.07, 6.45) is 8.54. The molecule has 0 bridgehead atoms. The SMILES string of the molecule is CN1/C(=C/c2cc[n+](CC(=O)NCCCNCCCCNCCCN)c3ccccc23)Sc2ccccc21.[Cl-]. The van der Waals surface area contributed by atoms with Gasteiger partial charge in [-0.15, -0.1) is 0 Å². The molecule has 1 amide bonds. The molecule has 0 fully saturated rings. The third kappa shape index (κ3) is 8.95.